The molecule has 0 spiro atoms. The summed E-state index contributed by atoms with van der Waals surface area (Å²) in [5.41, 5.74) is 0.737. The van der Waals surface area contributed by atoms with Crippen LogP contribution in [0.25, 0.3) is 0 Å². The number of thiazole rings is 1. The Morgan fingerprint density at radius 1 is 1.37 bits per heavy atom. The third-order valence-corrected chi connectivity index (χ3v) is 5.70. The van der Waals surface area contributed by atoms with Crippen molar-refractivity contribution in [3.05, 3.63) is 45.4 Å². The van der Waals surface area contributed by atoms with Gasteiger partial charge in [-0.05, 0) is 19.1 Å². The van der Waals surface area contributed by atoms with Crippen LogP contribution in [0.5, 0.6) is 0 Å². The predicted octanol–water partition coefficient (Wildman–Crippen LogP) is 2.93. The molecular weight excluding hydrogens is 304 g/mol. The Labute approximate surface area is 121 Å². The van der Waals surface area contributed by atoms with Crippen LogP contribution in [0.15, 0.2) is 34.5 Å². The van der Waals surface area contributed by atoms with Crippen molar-refractivity contribution in [1.29, 1.82) is 0 Å². The van der Waals surface area contributed by atoms with Crippen LogP contribution in [0.1, 0.15) is 10.7 Å². The fourth-order valence-corrected chi connectivity index (χ4v) is 3.85. The van der Waals surface area contributed by atoms with Crippen LogP contribution in [0.4, 0.5) is 0 Å². The number of hydrogen-bond donors (Lipinski definition) is 0. The molecule has 2 rings (SSSR count). The second-order valence-corrected chi connectivity index (χ2v) is 7.53. The van der Waals surface area contributed by atoms with Crippen LogP contribution < -0.4 is 0 Å². The molecule has 0 saturated carbocycles. The lowest BCUT2D eigenvalue weighted by Crippen LogP contribution is -2.26. The quantitative estimate of drug-likeness (QED) is 0.871. The first-order valence-corrected chi connectivity index (χ1v) is 8.23. The van der Waals surface area contributed by atoms with Crippen molar-refractivity contribution >= 4 is 33.0 Å². The number of sulfonamides is 1. The smallest absolute Gasteiger partial charge is 0.244 e. The Kier molecular flexibility index (Phi) is 4.25. The number of aryl methyl sites for hydroxylation is 1. The molecule has 1 aromatic carbocycles. The van der Waals surface area contributed by atoms with Gasteiger partial charge in [0.15, 0.2) is 0 Å². The normalized spacial score (nSPS) is 12.0. The van der Waals surface area contributed by atoms with Crippen molar-refractivity contribution in [2.24, 2.45) is 0 Å². The Morgan fingerprint density at radius 3 is 2.63 bits per heavy atom. The van der Waals surface area contributed by atoms with Gasteiger partial charge in [0.25, 0.3) is 0 Å². The second-order valence-electron chi connectivity index (χ2n) is 4.05. The molecule has 0 aliphatic heterocycles. The van der Waals surface area contributed by atoms with Crippen LogP contribution >= 0.6 is 22.9 Å². The summed E-state index contributed by atoms with van der Waals surface area (Å²) in [7, 11) is -2.07. The molecule has 1 aromatic heterocycles. The van der Waals surface area contributed by atoms with Crippen LogP contribution in [0.2, 0.25) is 5.02 Å². The van der Waals surface area contributed by atoms with E-state index in [9.17, 15) is 8.42 Å². The molecule has 0 atom stereocenters. The number of nitrogens with zero attached hydrogens (tertiary/aromatic N) is 2. The third-order valence-electron chi connectivity index (χ3n) is 2.58. The van der Waals surface area contributed by atoms with Crippen molar-refractivity contribution in [1.82, 2.24) is 9.29 Å². The molecule has 0 N–H and O–H groups in total. The summed E-state index contributed by atoms with van der Waals surface area (Å²) in [5, 5.41) is 3.00. The summed E-state index contributed by atoms with van der Waals surface area (Å²) < 4.78 is 26.0. The number of benzene rings is 1. The Bertz CT molecular complexity index is 683. The zero-order chi connectivity index (χ0) is 14.0. The number of halogens is 1. The molecule has 4 nitrogen and oxygen atoms in total. The van der Waals surface area contributed by atoms with Crippen LogP contribution in [0.3, 0.4) is 0 Å². The molecule has 0 radical (unpaired) electrons. The minimum Gasteiger partial charge on any atom is -0.245 e. The van der Waals surface area contributed by atoms with Crippen LogP contribution in [-0.4, -0.2) is 24.8 Å². The van der Waals surface area contributed by atoms with E-state index in [1.807, 2.05) is 12.3 Å². The summed E-state index contributed by atoms with van der Waals surface area (Å²) in [5.74, 6) is 0. The third kappa shape index (κ3) is 3.14. The highest BCUT2D eigenvalue weighted by Gasteiger charge is 2.23. The van der Waals surface area contributed by atoms with Crippen LogP contribution in [-0.2, 0) is 16.6 Å². The van der Waals surface area contributed by atoms with Crippen molar-refractivity contribution in [2.75, 3.05) is 7.05 Å². The molecule has 0 unspecified atom stereocenters. The molecule has 0 amide bonds. The SMILES string of the molecule is Cc1nc(CN(C)S(=O)(=O)c2ccccc2Cl)cs1. The first kappa shape index (κ1) is 14.5. The molecule has 2 aromatic rings. The summed E-state index contributed by atoms with van der Waals surface area (Å²) >= 11 is 7.44. The van der Waals surface area contributed by atoms with Gasteiger partial charge in [0, 0.05) is 12.4 Å². The Hall–Kier alpha value is -0.950. The molecular formula is C12H13ClN2O2S2. The summed E-state index contributed by atoms with van der Waals surface area (Å²) in [4.78, 5) is 4.38. The Balaban J connectivity index is 2.27. The van der Waals surface area contributed by atoms with Gasteiger partial charge in [-0.15, -0.1) is 11.3 Å². The molecule has 0 fully saturated rings. The van der Waals surface area contributed by atoms with Gasteiger partial charge in [-0.1, -0.05) is 23.7 Å². The lowest BCUT2D eigenvalue weighted by molar-refractivity contribution is 0.463. The maximum Gasteiger partial charge on any atom is 0.244 e. The zero-order valence-corrected chi connectivity index (χ0v) is 12.9. The van der Waals surface area contributed by atoms with Crippen molar-refractivity contribution < 1.29 is 8.42 Å². The van der Waals surface area contributed by atoms with Crippen molar-refractivity contribution in [3.8, 4) is 0 Å². The van der Waals surface area contributed by atoms with Gasteiger partial charge < -0.3 is 0 Å². The van der Waals surface area contributed by atoms with Gasteiger partial charge in [-0.3, -0.25) is 0 Å². The number of rotatable bonds is 4. The van der Waals surface area contributed by atoms with E-state index < -0.39 is 10.0 Å². The van der Waals surface area contributed by atoms with Gasteiger partial charge in [-0.25, -0.2) is 13.4 Å². The van der Waals surface area contributed by atoms with E-state index in [1.165, 1.54) is 28.8 Å². The molecule has 0 aliphatic carbocycles. The van der Waals surface area contributed by atoms with Gasteiger partial charge in [-0.2, -0.15) is 4.31 Å². The summed E-state index contributed by atoms with van der Waals surface area (Å²) in [6.45, 7) is 2.12. The fraction of sp³-hybridized carbons (Fsp3) is 0.250. The van der Waals surface area contributed by atoms with E-state index in [0.29, 0.717) is 0 Å². The average molecular weight is 317 g/mol. The second kappa shape index (κ2) is 5.58. The molecule has 19 heavy (non-hydrogen) atoms. The average Bonchev–Trinajstić information content (AvgIpc) is 2.75. The molecule has 0 aliphatic rings. The lowest BCUT2D eigenvalue weighted by atomic mass is 10.4. The monoisotopic (exact) mass is 316 g/mol. The van der Waals surface area contributed by atoms with E-state index in [0.717, 1.165) is 10.7 Å². The maximum absolute atomic E-state index is 12.4. The largest absolute Gasteiger partial charge is 0.245 e. The first-order chi connectivity index (χ1) is 8.91. The maximum atomic E-state index is 12.4. The van der Waals surface area contributed by atoms with E-state index in [2.05, 4.69) is 4.98 Å². The van der Waals surface area contributed by atoms with E-state index >= 15 is 0 Å². The van der Waals surface area contributed by atoms with E-state index in [-0.39, 0.29) is 16.5 Å². The molecule has 102 valence electrons. The number of hydrogen-bond acceptors (Lipinski definition) is 4. The van der Waals surface area contributed by atoms with Crippen molar-refractivity contribution in [2.45, 2.75) is 18.4 Å². The predicted molar refractivity (Wildman–Crippen MR) is 77.0 cm³/mol. The molecule has 0 saturated heterocycles. The lowest BCUT2D eigenvalue weighted by Gasteiger charge is -2.16. The van der Waals surface area contributed by atoms with Gasteiger partial charge >= 0.3 is 0 Å². The number of aromatic nitrogens is 1. The highest BCUT2D eigenvalue weighted by molar-refractivity contribution is 7.89. The minimum atomic E-state index is -3.59. The highest BCUT2D eigenvalue weighted by atomic mass is 35.5. The fourth-order valence-electron chi connectivity index (χ4n) is 1.62. The highest BCUT2D eigenvalue weighted by Crippen LogP contribution is 2.24. The summed E-state index contributed by atoms with van der Waals surface area (Å²) in [6, 6.07) is 6.42. The first-order valence-electron chi connectivity index (χ1n) is 5.53. The molecule has 7 heteroatoms. The van der Waals surface area contributed by atoms with Gasteiger partial charge in [0.05, 0.1) is 22.3 Å². The topological polar surface area (TPSA) is 50.3 Å². The standard InChI is InChI=1S/C12H13ClN2O2S2/c1-9-14-10(8-18-9)7-15(2)19(16,17)12-6-4-3-5-11(12)13/h3-6,8H,7H2,1-2H3. The summed E-state index contributed by atoms with van der Waals surface area (Å²) in [6.07, 6.45) is 0. The van der Waals surface area contributed by atoms with E-state index in [4.69, 9.17) is 11.6 Å². The van der Waals surface area contributed by atoms with Crippen LogP contribution in [0, 0.1) is 6.92 Å². The zero-order valence-electron chi connectivity index (χ0n) is 10.5. The molecule has 0 bridgehead atoms. The molecule has 1 heterocycles. The van der Waals surface area contributed by atoms with E-state index in [1.54, 1.807) is 18.2 Å². The minimum absolute atomic E-state index is 0.117. The van der Waals surface area contributed by atoms with Crippen molar-refractivity contribution in [3.63, 3.8) is 0 Å². The van der Waals surface area contributed by atoms with Gasteiger partial charge in [0.1, 0.15) is 4.90 Å². The Morgan fingerprint density at radius 2 is 2.05 bits per heavy atom. The van der Waals surface area contributed by atoms with Gasteiger partial charge in [0.2, 0.25) is 10.0 Å².